The lowest BCUT2D eigenvalue weighted by Gasteiger charge is -2.23. The minimum absolute atomic E-state index is 0.378. The van der Waals surface area contributed by atoms with Crippen LogP contribution in [0.3, 0.4) is 0 Å². The van der Waals surface area contributed by atoms with Crippen molar-refractivity contribution in [2.24, 2.45) is 0 Å². The van der Waals surface area contributed by atoms with Crippen molar-refractivity contribution < 1.29 is 0 Å². The Kier molecular flexibility index (Phi) is 4.88. The molecule has 0 saturated carbocycles. The lowest BCUT2D eigenvalue weighted by molar-refractivity contribution is 0.358. The summed E-state index contributed by atoms with van der Waals surface area (Å²) in [6.07, 6.45) is 9.48. The van der Waals surface area contributed by atoms with Crippen molar-refractivity contribution in [3.63, 3.8) is 0 Å². The molecule has 1 aliphatic heterocycles. The van der Waals surface area contributed by atoms with Crippen LogP contribution in [0.5, 0.6) is 0 Å². The van der Waals surface area contributed by atoms with Gasteiger partial charge < -0.3 is 5.32 Å². The van der Waals surface area contributed by atoms with Crippen molar-refractivity contribution >= 4 is 0 Å². The molecule has 1 N–H and O–H groups in total. The molecule has 0 spiro atoms. The third-order valence-electron chi connectivity index (χ3n) is 5.35. The predicted octanol–water partition coefficient (Wildman–Crippen LogP) is 2.69. The Morgan fingerprint density at radius 3 is 2.90 bits per heavy atom. The van der Waals surface area contributed by atoms with Gasteiger partial charge in [-0.25, -0.2) is 9.67 Å². The fraction of sp³-hybridized carbons (Fsp3) is 0.273. The number of nitrogens with one attached hydrogen (secondary N) is 1. The lowest BCUT2D eigenvalue weighted by atomic mass is 10.1. The first kappa shape index (κ1) is 17.8. The van der Waals surface area contributed by atoms with Crippen LogP contribution >= 0.6 is 0 Å². The molecule has 146 valence electrons. The second-order valence-electron chi connectivity index (χ2n) is 7.40. The minimum Gasteiger partial charge on any atom is -0.308 e. The van der Waals surface area contributed by atoms with Gasteiger partial charge in [-0.05, 0) is 24.1 Å². The maximum atomic E-state index is 4.88. The van der Waals surface area contributed by atoms with E-state index in [4.69, 9.17) is 5.10 Å². The van der Waals surface area contributed by atoms with Crippen LogP contribution in [0.15, 0.2) is 67.4 Å². The number of benzene rings is 1. The highest BCUT2D eigenvalue weighted by molar-refractivity contribution is 5.61. The van der Waals surface area contributed by atoms with E-state index in [-0.39, 0.29) is 0 Å². The first-order chi connectivity index (χ1) is 14.3. The molecule has 0 radical (unpaired) electrons. The van der Waals surface area contributed by atoms with Crippen LogP contribution in [0, 0.1) is 0 Å². The second-order valence-corrected chi connectivity index (χ2v) is 7.40. The van der Waals surface area contributed by atoms with Gasteiger partial charge in [0.25, 0.3) is 0 Å². The third-order valence-corrected chi connectivity index (χ3v) is 5.35. The van der Waals surface area contributed by atoms with Crippen LogP contribution in [0.4, 0.5) is 0 Å². The summed E-state index contributed by atoms with van der Waals surface area (Å²) in [4.78, 5) is 8.59. The Balaban J connectivity index is 1.36. The molecule has 1 aliphatic rings. The highest BCUT2D eigenvalue weighted by Gasteiger charge is 2.20. The predicted molar refractivity (Wildman–Crippen MR) is 110 cm³/mol. The summed E-state index contributed by atoms with van der Waals surface area (Å²) < 4.78 is 4.02. The minimum atomic E-state index is 0.378. The first-order valence-electron chi connectivity index (χ1n) is 9.96. The highest BCUT2D eigenvalue weighted by Crippen LogP contribution is 2.22. The standard InChI is InChI=1S/C22H23N7/c1-2-5-17(6-3-1)13-28-14-19(22(27-28)18-7-4-10-23-11-18)12-24-20-8-9-21-25-16-26-29(21)15-20/h1-7,10-11,14,16,20,24H,8-9,12-13,15H2. The van der Waals surface area contributed by atoms with Gasteiger partial charge in [-0.3, -0.25) is 9.67 Å². The molecule has 0 fully saturated rings. The van der Waals surface area contributed by atoms with Crippen molar-refractivity contribution in [1.82, 2.24) is 34.8 Å². The van der Waals surface area contributed by atoms with E-state index in [9.17, 15) is 0 Å². The lowest BCUT2D eigenvalue weighted by Crippen LogP contribution is -2.37. The van der Waals surface area contributed by atoms with Gasteiger partial charge in [0.2, 0.25) is 0 Å². The zero-order chi connectivity index (χ0) is 19.5. The Morgan fingerprint density at radius 1 is 1.10 bits per heavy atom. The van der Waals surface area contributed by atoms with E-state index in [1.54, 1.807) is 12.5 Å². The Morgan fingerprint density at radius 2 is 2.03 bits per heavy atom. The molecule has 7 nitrogen and oxygen atoms in total. The summed E-state index contributed by atoms with van der Waals surface area (Å²) >= 11 is 0. The van der Waals surface area contributed by atoms with Gasteiger partial charge in [0.1, 0.15) is 12.2 Å². The normalized spacial score (nSPS) is 15.9. The molecule has 0 bridgehead atoms. The summed E-state index contributed by atoms with van der Waals surface area (Å²) in [5, 5.41) is 12.9. The highest BCUT2D eigenvalue weighted by atomic mass is 15.3. The molecule has 0 saturated heterocycles. The summed E-state index contributed by atoms with van der Waals surface area (Å²) in [6.45, 7) is 2.36. The summed E-state index contributed by atoms with van der Waals surface area (Å²) in [5.41, 5.74) is 4.44. The first-order valence-corrected chi connectivity index (χ1v) is 9.96. The van der Waals surface area contributed by atoms with Crippen molar-refractivity contribution in [3.05, 3.63) is 84.3 Å². The zero-order valence-electron chi connectivity index (χ0n) is 16.1. The number of rotatable bonds is 6. The molecule has 7 heteroatoms. The van der Waals surface area contributed by atoms with Crippen molar-refractivity contribution in [3.8, 4) is 11.3 Å². The number of pyridine rings is 1. The average Bonchev–Trinajstić information content (AvgIpc) is 3.40. The third kappa shape index (κ3) is 3.95. The number of hydrogen-bond acceptors (Lipinski definition) is 5. The van der Waals surface area contributed by atoms with Crippen LogP contribution in [0.1, 0.15) is 23.4 Å². The Bertz CT molecular complexity index is 1070. The molecule has 3 aromatic heterocycles. The van der Waals surface area contributed by atoms with Gasteiger partial charge in [0.15, 0.2) is 0 Å². The number of aryl methyl sites for hydroxylation is 1. The molecule has 1 atom stereocenters. The summed E-state index contributed by atoms with van der Waals surface area (Å²) in [7, 11) is 0. The molecule has 4 heterocycles. The molecule has 1 aromatic carbocycles. The van der Waals surface area contributed by atoms with Crippen molar-refractivity contribution in [2.45, 2.75) is 38.5 Å². The smallest absolute Gasteiger partial charge is 0.138 e. The van der Waals surface area contributed by atoms with E-state index in [2.05, 4.69) is 56.9 Å². The maximum absolute atomic E-state index is 4.88. The van der Waals surface area contributed by atoms with Crippen molar-refractivity contribution in [1.29, 1.82) is 0 Å². The second kappa shape index (κ2) is 7.97. The summed E-state index contributed by atoms with van der Waals surface area (Å²) in [5.74, 6) is 1.08. The van der Waals surface area contributed by atoms with Gasteiger partial charge in [0, 0.05) is 48.7 Å². The van der Waals surface area contributed by atoms with E-state index in [0.717, 1.165) is 49.6 Å². The fourth-order valence-electron chi connectivity index (χ4n) is 3.85. The molecule has 5 rings (SSSR count). The number of nitrogens with zero attached hydrogens (tertiary/aromatic N) is 6. The molecule has 4 aromatic rings. The number of aromatic nitrogens is 6. The largest absolute Gasteiger partial charge is 0.308 e. The summed E-state index contributed by atoms with van der Waals surface area (Å²) in [6, 6.07) is 14.8. The van der Waals surface area contributed by atoms with E-state index in [1.807, 2.05) is 27.7 Å². The van der Waals surface area contributed by atoms with Gasteiger partial charge in [-0.15, -0.1) is 0 Å². The fourth-order valence-corrected chi connectivity index (χ4v) is 3.85. The number of hydrogen-bond donors (Lipinski definition) is 1. The van der Waals surface area contributed by atoms with E-state index >= 15 is 0 Å². The molecule has 1 unspecified atom stereocenters. The van der Waals surface area contributed by atoms with E-state index in [0.29, 0.717) is 6.04 Å². The van der Waals surface area contributed by atoms with E-state index < -0.39 is 0 Å². The molecular formula is C22H23N7. The Labute approximate surface area is 169 Å². The van der Waals surface area contributed by atoms with Gasteiger partial charge in [0.05, 0.1) is 18.8 Å². The monoisotopic (exact) mass is 385 g/mol. The molecular weight excluding hydrogens is 362 g/mol. The SMILES string of the molecule is c1ccc(Cn2cc(CNC3CCc4ncnn4C3)c(-c3cccnc3)n2)cc1. The quantitative estimate of drug-likeness (QED) is 0.552. The van der Waals surface area contributed by atoms with Crippen LogP contribution < -0.4 is 5.32 Å². The number of fused-ring (bicyclic) bond motifs is 1. The van der Waals surface area contributed by atoms with Crippen LogP contribution in [0.2, 0.25) is 0 Å². The molecule has 29 heavy (non-hydrogen) atoms. The maximum Gasteiger partial charge on any atom is 0.138 e. The van der Waals surface area contributed by atoms with E-state index in [1.165, 1.54) is 11.1 Å². The van der Waals surface area contributed by atoms with Crippen molar-refractivity contribution in [2.75, 3.05) is 0 Å². The van der Waals surface area contributed by atoms with Crippen LogP contribution in [-0.4, -0.2) is 35.6 Å². The Hall–Kier alpha value is -3.32. The molecule has 0 aliphatic carbocycles. The van der Waals surface area contributed by atoms with Crippen LogP contribution in [-0.2, 0) is 26.1 Å². The van der Waals surface area contributed by atoms with Crippen LogP contribution in [0.25, 0.3) is 11.3 Å². The average molecular weight is 385 g/mol. The zero-order valence-corrected chi connectivity index (χ0v) is 16.1. The molecule has 0 amide bonds. The van der Waals surface area contributed by atoms with Gasteiger partial charge >= 0.3 is 0 Å². The van der Waals surface area contributed by atoms with Gasteiger partial charge in [-0.2, -0.15) is 10.2 Å². The van der Waals surface area contributed by atoms with Gasteiger partial charge in [-0.1, -0.05) is 30.3 Å². The topological polar surface area (TPSA) is 73.5 Å².